The molecular formula is C66H70N4O. The van der Waals surface area contributed by atoms with Gasteiger partial charge in [0.2, 0.25) is 0 Å². The maximum absolute atomic E-state index is 8.89. The van der Waals surface area contributed by atoms with E-state index < -0.39 is 6.85 Å². The first-order chi connectivity index (χ1) is 35.2. The number of unbranched alkanes of at least 4 members (excludes halogenated alkanes) is 1. The molecule has 0 atom stereocenters. The van der Waals surface area contributed by atoms with E-state index in [0.717, 1.165) is 92.0 Å². The van der Waals surface area contributed by atoms with Gasteiger partial charge in [-0.05, 0) is 159 Å². The average molecular weight is 938 g/mol. The molecule has 0 N–H and O–H groups in total. The monoisotopic (exact) mass is 938 g/mol. The molecule has 10 rings (SSSR count). The first-order valence-electron chi connectivity index (χ1n) is 26.9. The second-order valence-corrected chi connectivity index (χ2v) is 22.6. The molecule has 5 nitrogen and oxygen atoms in total. The summed E-state index contributed by atoms with van der Waals surface area (Å²) in [6.07, 6.45) is 4.31. The molecule has 0 saturated carbocycles. The summed E-state index contributed by atoms with van der Waals surface area (Å²) in [7, 11) is 0. The maximum atomic E-state index is 8.89. The highest BCUT2D eigenvalue weighted by atomic mass is 16.5. The lowest BCUT2D eigenvalue weighted by atomic mass is 9.79. The largest absolute Gasteiger partial charge is 0.489 e. The highest BCUT2D eigenvalue weighted by molar-refractivity contribution is 6.09. The van der Waals surface area contributed by atoms with Crippen LogP contribution in [0.2, 0.25) is 0 Å². The lowest BCUT2D eigenvalue weighted by molar-refractivity contribution is 0.306. The maximum Gasteiger partial charge on any atom is 0.137 e. The number of aryl methyl sites for hydroxylation is 1. The topological polar surface area (TPSA) is 33.5 Å². The quantitative estimate of drug-likeness (QED) is 0.114. The molecule has 360 valence electrons. The van der Waals surface area contributed by atoms with Crippen LogP contribution in [0.5, 0.6) is 5.75 Å². The minimum absolute atomic E-state index is 0.0103. The number of nitrogens with zero attached hydrogens (tertiary/aromatic N) is 4. The molecule has 0 unspecified atom stereocenters. The molecule has 5 heteroatoms. The number of para-hydroxylation sites is 3. The van der Waals surface area contributed by atoms with Crippen molar-refractivity contribution in [3.05, 3.63) is 203 Å². The van der Waals surface area contributed by atoms with Crippen molar-refractivity contribution >= 4 is 38.9 Å². The van der Waals surface area contributed by atoms with E-state index in [4.69, 9.17) is 13.8 Å². The summed E-state index contributed by atoms with van der Waals surface area (Å²) >= 11 is 0. The van der Waals surface area contributed by atoms with Crippen molar-refractivity contribution in [1.82, 2.24) is 9.55 Å². The summed E-state index contributed by atoms with van der Waals surface area (Å²) < 4.78 is 35.6. The summed E-state index contributed by atoms with van der Waals surface area (Å²) in [4.78, 5) is 9.73. The number of ether oxygens (including phenoxy) is 1. The number of aromatic nitrogens is 2. The highest BCUT2D eigenvalue weighted by Crippen LogP contribution is 2.43. The minimum atomic E-state index is -2.27. The first kappa shape index (κ1) is 43.9. The fourth-order valence-electron chi connectivity index (χ4n) is 10.2. The second kappa shape index (κ2) is 18.9. The predicted octanol–water partition coefficient (Wildman–Crippen LogP) is 17.2. The zero-order valence-corrected chi connectivity index (χ0v) is 43.1. The van der Waals surface area contributed by atoms with Crippen molar-refractivity contribution < 1.29 is 8.85 Å². The number of anilines is 3. The Morgan fingerprint density at radius 2 is 1.27 bits per heavy atom. The van der Waals surface area contributed by atoms with Gasteiger partial charge < -0.3 is 14.5 Å². The molecule has 7 aromatic carbocycles. The summed E-state index contributed by atoms with van der Waals surface area (Å²) in [6, 6.07) is 58.2. The minimum Gasteiger partial charge on any atom is -0.489 e. The van der Waals surface area contributed by atoms with Crippen LogP contribution < -0.4 is 14.5 Å². The van der Waals surface area contributed by atoms with Crippen LogP contribution in [0.15, 0.2) is 170 Å². The predicted molar refractivity (Wildman–Crippen MR) is 301 cm³/mol. The van der Waals surface area contributed by atoms with E-state index in [9.17, 15) is 0 Å². The van der Waals surface area contributed by atoms with Crippen LogP contribution in [0.1, 0.15) is 113 Å². The lowest BCUT2D eigenvalue weighted by Gasteiger charge is -2.26. The third-order valence-electron chi connectivity index (χ3n) is 14.4. The molecular weight excluding hydrogens is 865 g/mol. The molecule has 0 fully saturated rings. The van der Waals surface area contributed by atoms with Crippen LogP contribution in [0, 0.1) is 6.85 Å². The summed E-state index contributed by atoms with van der Waals surface area (Å²) in [5.74, 6) is 1.70. The highest BCUT2D eigenvalue weighted by Gasteiger charge is 2.27. The number of hydrogen-bond donors (Lipinski definition) is 0. The van der Waals surface area contributed by atoms with Crippen LogP contribution in [-0.2, 0) is 29.3 Å². The Balaban J connectivity index is 0.885. The summed E-state index contributed by atoms with van der Waals surface area (Å²) in [5.41, 5.74) is 15.6. The Morgan fingerprint density at radius 3 is 2.04 bits per heavy atom. The zero-order valence-electron chi connectivity index (χ0n) is 46.1. The van der Waals surface area contributed by atoms with Gasteiger partial charge in [0.05, 0.1) is 29.1 Å². The van der Waals surface area contributed by atoms with Gasteiger partial charge in [0.15, 0.2) is 0 Å². The summed E-state index contributed by atoms with van der Waals surface area (Å²) in [6.45, 7) is 19.7. The van der Waals surface area contributed by atoms with Crippen molar-refractivity contribution in [3.8, 4) is 33.8 Å². The van der Waals surface area contributed by atoms with Crippen LogP contribution in [0.3, 0.4) is 0 Å². The Labute approximate surface area is 427 Å². The first-order valence-corrected chi connectivity index (χ1v) is 25.4. The standard InChI is InChI=1S/C66H70N4O/c1-45-35-51(65(5,6)7)40-58(49-37-48(47-22-12-11-13-23-47)38-52(39-49)66(8,9)10)55(45)25-18-19-34-68-44-69(61-29-17-16-28-60(61)68)53-24-20-21-46(36-53)43-71-54-30-31-57-56-26-14-15-27-59(56)70(62(57)42-54)63-41-50(32-33-67-63)64(2,3)4/h11-17,20-24,26-33,35-42H,18-19,25,34,43-44H2,1-10H3/i1D3. The van der Waals surface area contributed by atoms with Gasteiger partial charge in [0.1, 0.15) is 18.2 Å². The summed E-state index contributed by atoms with van der Waals surface area (Å²) in [5, 5.41) is 2.34. The fraction of sp³-hybridized carbons (Fsp3) is 0.288. The van der Waals surface area contributed by atoms with Gasteiger partial charge >= 0.3 is 0 Å². The van der Waals surface area contributed by atoms with Gasteiger partial charge in [-0.2, -0.15) is 0 Å². The van der Waals surface area contributed by atoms with E-state index in [1.165, 1.54) is 27.9 Å². The zero-order chi connectivity index (χ0) is 52.2. The average Bonchev–Trinajstić information content (AvgIpc) is 3.92. The number of pyridine rings is 1. The van der Waals surface area contributed by atoms with E-state index in [0.29, 0.717) is 25.3 Å². The van der Waals surface area contributed by atoms with Crippen molar-refractivity contribution in [2.75, 3.05) is 23.0 Å². The fourth-order valence-corrected chi connectivity index (χ4v) is 10.2. The van der Waals surface area contributed by atoms with Crippen LogP contribution in [0.4, 0.5) is 17.1 Å². The molecule has 0 saturated heterocycles. The molecule has 0 aliphatic carbocycles. The normalized spacial score (nSPS) is 13.9. The van der Waals surface area contributed by atoms with Gasteiger partial charge in [-0.25, -0.2) is 4.98 Å². The Morgan fingerprint density at radius 1 is 0.563 bits per heavy atom. The third-order valence-corrected chi connectivity index (χ3v) is 14.4. The molecule has 0 amide bonds. The van der Waals surface area contributed by atoms with Gasteiger partial charge in [0, 0.05) is 39.4 Å². The number of rotatable bonds is 12. The van der Waals surface area contributed by atoms with E-state index >= 15 is 0 Å². The molecule has 1 aliphatic rings. The smallest absolute Gasteiger partial charge is 0.137 e. The second-order valence-electron chi connectivity index (χ2n) is 22.6. The lowest BCUT2D eigenvalue weighted by Crippen LogP contribution is -2.28. The van der Waals surface area contributed by atoms with Crippen molar-refractivity contribution in [2.24, 2.45) is 0 Å². The van der Waals surface area contributed by atoms with Gasteiger partial charge in [0.25, 0.3) is 0 Å². The van der Waals surface area contributed by atoms with Crippen LogP contribution >= 0.6 is 0 Å². The van der Waals surface area contributed by atoms with Gasteiger partial charge in [-0.1, -0.05) is 159 Å². The number of hydrogen-bond acceptors (Lipinski definition) is 4. The number of benzene rings is 7. The molecule has 0 spiro atoms. The van der Waals surface area contributed by atoms with Gasteiger partial charge in [-0.3, -0.25) is 4.57 Å². The van der Waals surface area contributed by atoms with Crippen molar-refractivity contribution in [2.45, 2.75) is 111 Å². The van der Waals surface area contributed by atoms with Crippen LogP contribution in [-0.4, -0.2) is 22.8 Å². The van der Waals surface area contributed by atoms with E-state index in [1.807, 2.05) is 18.3 Å². The molecule has 9 aromatic rings. The molecule has 3 heterocycles. The Bertz CT molecular complexity index is 3500. The SMILES string of the molecule is [2H]C([2H])([2H])c1cc(C(C)(C)C)cc(-c2cc(-c3ccccc3)cc(C(C)(C)C)c2)c1CCCCN1CN(c2cccc(COc3ccc4c5ccccc5n(-c5cc(C(C)(C)C)ccn5)c4c3)c2)c2ccccc21. The van der Waals surface area contributed by atoms with E-state index in [-0.39, 0.29) is 16.2 Å². The molecule has 0 radical (unpaired) electrons. The van der Waals surface area contributed by atoms with Crippen LogP contribution in [0.25, 0.3) is 49.9 Å². The van der Waals surface area contributed by atoms with Crippen molar-refractivity contribution in [1.29, 1.82) is 0 Å². The molecule has 2 aromatic heterocycles. The Kier molecular flexibility index (Phi) is 11.7. The number of fused-ring (bicyclic) bond motifs is 4. The van der Waals surface area contributed by atoms with Gasteiger partial charge in [-0.15, -0.1) is 0 Å². The third kappa shape index (κ3) is 9.85. The molecule has 0 bridgehead atoms. The van der Waals surface area contributed by atoms with E-state index in [2.05, 4.69) is 228 Å². The van der Waals surface area contributed by atoms with E-state index in [1.54, 1.807) is 0 Å². The molecule has 1 aliphatic heterocycles. The Hall–Kier alpha value is -7.11. The van der Waals surface area contributed by atoms with Crippen molar-refractivity contribution in [3.63, 3.8) is 0 Å². The molecule has 71 heavy (non-hydrogen) atoms.